The molecule has 4 rings (SSSR count). The van der Waals surface area contributed by atoms with Crippen LogP contribution in [0.25, 0.3) is 22.6 Å². The van der Waals surface area contributed by atoms with E-state index in [1.54, 1.807) is 52.0 Å². The van der Waals surface area contributed by atoms with E-state index in [0.717, 1.165) is 11.1 Å². The number of rotatable bonds is 1. The van der Waals surface area contributed by atoms with Gasteiger partial charge in [-0.1, -0.05) is 0 Å². The van der Waals surface area contributed by atoms with Crippen molar-refractivity contribution in [3.05, 3.63) is 48.7 Å². The van der Waals surface area contributed by atoms with E-state index in [0.29, 0.717) is 17.0 Å². The molecule has 0 spiro atoms. The molecule has 0 bridgehead atoms. The third-order valence-electron chi connectivity index (χ3n) is 3.10. The molecule has 20 heavy (non-hydrogen) atoms. The molecule has 7 heteroatoms. The van der Waals surface area contributed by atoms with Crippen molar-refractivity contribution in [1.29, 1.82) is 5.26 Å². The van der Waals surface area contributed by atoms with Crippen molar-refractivity contribution in [1.82, 2.24) is 29.2 Å². The van der Waals surface area contributed by atoms with Gasteiger partial charge >= 0.3 is 0 Å². The molecule has 7 nitrogen and oxygen atoms in total. The van der Waals surface area contributed by atoms with Gasteiger partial charge in [0.05, 0.1) is 29.0 Å². The smallest absolute Gasteiger partial charge is 0.172 e. The normalized spacial score (nSPS) is 10.9. The van der Waals surface area contributed by atoms with Gasteiger partial charge in [0.2, 0.25) is 0 Å². The van der Waals surface area contributed by atoms with Gasteiger partial charge in [0.1, 0.15) is 6.07 Å². The number of hydrogen-bond donors (Lipinski definition) is 0. The van der Waals surface area contributed by atoms with Crippen LogP contribution < -0.4 is 0 Å². The molecule has 0 unspecified atom stereocenters. The fourth-order valence-electron chi connectivity index (χ4n) is 2.15. The van der Waals surface area contributed by atoms with Gasteiger partial charge in [-0.3, -0.25) is 9.38 Å². The fourth-order valence-corrected chi connectivity index (χ4v) is 2.15. The predicted molar refractivity (Wildman–Crippen MR) is 69.7 cm³/mol. The summed E-state index contributed by atoms with van der Waals surface area (Å²) < 4.78 is 3.50. The van der Waals surface area contributed by atoms with E-state index in [1.165, 1.54) is 0 Å². The first kappa shape index (κ1) is 10.6. The molecule has 0 aliphatic carbocycles. The molecule has 4 aromatic heterocycles. The first-order chi connectivity index (χ1) is 9.86. The highest BCUT2D eigenvalue weighted by atomic mass is 15.3. The van der Waals surface area contributed by atoms with Crippen LogP contribution in [0, 0.1) is 11.3 Å². The molecule has 0 saturated heterocycles. The zero-order chi connectivity index (χ0) is 13.5. The quantitative estimate of drug-likeness (QED) is 0.515. The summed E-state index contributed by atoms with van der Waals surface area (Å²) in [6.07, 6.45) is 8.58. The summed E-state index contributed by atoms with van der Waals surface area (Å²) in [5.41, 5.74) is 2.89. The highest BCUT2D eigenvalue weighted by molar-refractivity contribution is 5.76. The van der Waals surface area contributed by atoms with Crippen LogP contribution in [0.2, 0.25) is 0 Å². The number of pyridine rings is 1. The van der Waals surface area contributed by atoms with Crippen molar-refractivity contribution in [2.45, 2.75) is 0 Å². The van der Waals surface area contributed by atoms with Crippen LogP contribution in [0.15, 0.2) is 43.1 Å². The van der Waals surface area contributed by atoms with Crippen molar-refractivity contribution >= 4 is 11.2 Å². The van der Waals surface area contributed by atoms with E-state index >= 15 is 0 Å². The Morgan fingerprint density at radius 1 is 1.15 bits per heavy atom. The fraction of sp³-hybridized carbons (Fsp3) is 0. The molecule has 94 valence electrons. The van der Waals surface area contributed by atoms with Crippen molar-refractivity contribution in [2.75, 3.05) is 0 Å². The van der Waals surface area contributed by atoms with Crippen molar-refractivity contribution in [3.63, 3.8) is 0 Å². The van der Waals surface area contributed by atoms with Gasteiger partial charge in [-0.2, -0.15) is 10.4 Å². The lowest BCUT2D eigenvalue weighted by molar-refractivity contribution is 0.946. The van der Waals surface area contributed by atoms with E-state index in [4.69, 9.17) is 5.26 Å². The summed E-state index contributed by atoms with van der Waals surface area (Å²) >= 11 is 0. The molecule has 0 N–H and O–H groups in total. The Hall–Kier alpha value is -3.27. The van der Waals surface area contributed by atoms with Crippen LogP contribution >= 0.6 is 0 Å². The number of nitrogens with zero attached hydrogens (tertiary/aromatic N) is 7. The second-order valence-corrected chi connectivity index (χ2v) is 4.25. The van der Waals surface area contributed by atoms with Crippen LogP contribution in [0.3, 0.4) is 0 Å². The molecule has 0 radical (unpaired) electrons. The van der Waals surface area contributed by atoms with Gasteiger partial charge in [0.15, 0.2) is 11.5 Å². The minimum atomic E-state index is 0.549. The Balaban J connectivity index is 2.05. The third kappa shape index (κ3) is 1.39. The monoisotopic (exact) mass is 261 g/mol. The van der Waals surface area contributed by atoms with Gasteiger partial charge in [-0.05, 0) is 12.1 Å². The molecule has 0 atom stereocenters. The summed E-state index contributed by atoms with van der Waals surface area (Å²) in [5, 5.41) is 21.5. The summed E-state index contributed by atoms with van der Waals surface area (Å²) in [6, 6.07) is 5.59. The van der Waals surface area contributed by atoms with Gasteiger partial charge in [-0.25, -0.2) is 4.52 Å². The highest BCUT2D eigenvalue weighted by Gasteiger charge is 2.13. The molecule has 0 amide bonds. The Labute approximate surface area is 112 Å². The average Bonchev–Trinajstić information content (AvgIpc) is 3.09. The Kier molecular flexibility index (Phi) is 2.05. The molecule has 0 aliphatic heterocycles. The van der Waals surface area contributed by atoms with E-state index in [2.05, 4.69) is 26.3 Å². The Bertz CT molecular complexity index is 973. The maximum absolute atomic E-state index is 9.00. The molecule has 0 aliphatic rings. The molecular formula is C13H7N7. The van der Waals surface area contributed by atoms with Gasteiger partial charge < -0.3 is 0 Å². The topological polar surface area (TPSA) is 84.2 Å². The summed E-state index contributed by atoms with van der Waals surface area (Å²) in [6.45, 7) is 0. The zero-order valence-corrected chi connectivity index (χ0v) is 10.2. The highest BCUT2D eigenvalue weighted by Crippen LogP contribution is 2.22. The SMILES string of the molecule is N#Cc1ccc2nnc(-c3cnn4ccncc34)n2c1. The molecule has 4 heterocycles. The maximum atomic E-state index is 9.00. The molecular weight excluding hydrogens is 254 g/mol. The van der Waals surface area contributed by atoms with Gasteiger partial charge in [0.25, 0.3) is 0 Å². The maximum Gasteiger partial charge on any atom is 0.172 e. The second-order valence-electron chi connectivity index (χ2n) is 4.25. The number of aromatic nitrogens is 6. The molecule has 0 fully saturated rings. The van der Waals surface area contributed by atoms with E-state index in [-0.39, 0.29) is 0 Å². The van der Waals surface area contributed by atoms with E-state index < -0.39 is 0 Å². The summed E-state index contributed by atoms with van der Waals surface area (Å²) in [5.74, 6) is 0.639. The first-order valence-electron chi connectivity index (χ1n) is 5.89. The van der Waals surface area contributed by atoms with Crippen molar-refractivity contribution in [3.8, 4) is 17.5 Å². The minimum Gasteiger partial charge on any atom is -0.281 e. The van der Waals surface area contributed by atoms with Crippen LogP contribution in [0.1, 0.15) is 5.56 Å². The molecule has 4 aromatic rings. The lowest BCUT2D eigenvalue weighted by Gasteiger charge is -1.98. The van der Waals surface area contributed by atoms with Crippen LogP contribution in [0.5, 0.6) is 0 Å². The third-order valence-corrected chi connectivity index (χ3v) is 3.10. The van der Waals surface area contributed by atoms with E-state index in [1.807, 2.05) is 0 Å². The van der Waals surface area contributed by atoms with Gasteiger partial charge in [-0.15, -0.1) is 10.2 Å². The molecule has 0 aromatic carbocycles. The standard InChI is InChI=1S/C13H7N7/c14-5-9-1-2-12-17-18-13(19(12)8-9)10-6-16-20-4-3-15-7-11(10)20/h1-4,6-8H. The van der Waals surface area contributed by atoms with Gasteiger partial charge in [0, 0.05) is 18.6 Å². The van der Waals surface area contributed by atoms with Crippen molar-refractivity contribution in [2.24, 2.45) is 0 Å². The van der Waals surface area contributed by atoms with Crippen LogP contribution in [0.4, 0.5) is 0 Å². The molecule has 0 saturated carbocycles. The largest absolute Gasteiger partial charge is 0.281 e. The predicted octanol–water partition coefficient (Wildman–Crippen LogP) is 1.31. The summed E-state index contributed by atoms with van der Waals surface area (Å²) in [4.78, 5) is 4.10. The van der Waals surface area contributed by atoms with Crippen LogP contribution in [-0.4, -0.2) is 29.2 Å². The number of hydrogen-bond acceptors (Lipinski definition) is 5. The van der Waals surface area contributed by atoms with E-state index in [9.17, 15) is 0 Å². The lowest BCUT2D eigenvalue weighted by atomic mass is 10.2. The van der Waals surface area contributed by atoms with Crippen LogP contribution in [-0.2, 0) is 0 Å². The minimum absolute atomic E-state index is 0.549. The number of fused-ring (bicyclic) bond motifs is 2. The summed E-state index contributed by atoms with van der Waals surface area (Å²) in [7, 11) is 0. The zero-order valence-electron chi connectivity index (χ0n) is 10.2. The van der Waals surface area contributed by atoms with Crippen molar-refractivity contribution < 1.29 is 0 Å². The Morgan fingerprint density at radius 3 is 3.00 bits per heavy atom. The average molecular weight is 261 g/mol. The number of nitriles is 1. The lowest BCUT2D eigenvalue weighted by Crippen LogP contribution is -1.91. The first-order valence-corrected chi connectivity index (χ1v) is 5.89. The second kappa shape index (κ2) is 3.86. The Morgan fingerprint density at radius 2 is 2.10 bits per heavy atom.